The maximum absolute atomic E-state index is 11.3. The summed E-state index contributed by atoms with van der Waals surface area (Å²) in [4.78, 5) is 15.8. The van der Waals surface area contributed by atoms with Crippen molar-refractivity contribution in [1.29, 1.82) is 0 Å². The van der Waals surface area contributed by atoms with Gasteiger partial charge in [-0.15, -0.1) is 0 Å². The Labute approximate surface area is 179 Å². The van der Waals surface area contributed by atoms with E-state index in [1.807, 2.05) is 42.5 Å². The molecule has 0 spiro atoms. The van der Waals surface area contributed by atoms with Crippen LogP contribution in [0.15, 0.2) is 109 Å². The minimum absolute atomic E-state index is 0.0525. The molecular formula is C27H18N2O2. The Hall–Kier alpha value is -4.31. The predicted octanol–water partition coefficient (Wildman–Crippen LogP) is 7.14. The lowest BCUT2D eigenvalue weighted by molar-refractivity contribution is -0.384. The molecule has 0 saturated heterocycles. The fourth-order valence-electron chi connectivity index (χ4n) is 3.75. The molecule has 4 nitrogen and oxygen atoms in total. The lowest BCUT2D eigenvalue weighted by atomic mass is 9.98. The van der Waals surface area contributed by atoms with Crippen molar-refractivity contribution in [1.82, 2.24) is 4.98 Å². The lowest BCUT2D eigenvalue weighted by Crippen LogP contribution is -1.93. The van der Waals surface area contributed by atoms with Crippen molar-refractivity contribution in [3.05, 3.63) is 119 Å². The first-order valence-electron chi connectivity index (χ1n) is 9.99. The van der Waals surface area contributed by atoms with Gasteiger partial charge in [0.25, 0.3) is 5.69 Å². The molecule has 31 heavy (non-hydrogen) atoms. The summed E-state index contributed by atoms with van der Waals surface area (Å²) in [7, 11) is 0. The van der Waals surface area contributed by atoms with E-state index >= 15 is 0 Å². The molecule has 0 atom stereocenters. The normalized spacial score (nSPS) is 10.8. The van der Waals surface area contributed by atoms with Crippen molar-refractivity contribution in [3.8, 4) is 33.6 Å². The molecule has 1 heterocycles. The molecule has 0 radical (unpaired) electrons. The fourth-order valence-corrected chi connectivity index (χ4v) is 3.75. The van der Waals surface area contributed by atoms with Gasteiger partial charge in [0, 0.05) is 23.3 Å². The van der Waals surface area contributed by atoms with Gasteiger partial charge in [-0.2, -0.15) is 0 Å². The Morgan fingerprint density at radius 2 is 1.19 bits per heavy atom. The third-order valence-electron chi connectivity index (χ3n) is 5.33. The highest BCUT2D eigenvalue weighted by atomic mass is 16.6. The predicted molar refractivity (Wildman–Crippen MR) is 125 cm³/mol. The van der Waals surface area contributed by atoms with Crippen molar-refractivity contribution in [2.45, 2.75) is 0 Å². The number of hydrogen-bond donors (Lipinski definition) is 0. The first-order valence-corrected chi connectivity index (χ1v) is 9.99. The van der Waals surface area contributed by atoms with Crippen LogP contribution in [0.4, 0.5) is 5.69 Å². The van der Waals surface area contributed by atoms with Gasteiger partial charge in [0.05, 0.1) is 16.3 Å². The van der Waals surface area contributed by atoms with E-state index < -0.39 is 0 Å². The van der Waals surface area contributed by atoms with Gasteiger partial charge in [-0.25, -0.2) is 4.98 Å². The maximum atomic E-state index is 11.3. The highest BCUT2D eigenvalue weighted by Crippen LogP contribution is 2.32. The summed E-state index contributed by atoms with van der Waals surface area (Å²) in [6.45, 7) is 0. The number of nitro groups is 1. The van der Waals surface area contributed by atoms with Crippen LogP contribution in [0, 0.1) is 10.1 Å². The molecule has 5 aromatic rings. The largest absolute Gasteiger partial charge is 0.270 e. The van der Waals surface area contributed by atoms with Crippen molar-refractivity contribution < 1.29 is 4.92 Å². The summed E-state index contributed by atoms with van der Waals surface area (Å²) in [5.74, 6) is 0. The highest BCUT2D eigenvalue weighted by Gasteiger charge is 2.12. The highest BCUT2D eigenvalue weighted by molar-refractivity contribution is 5.88. The average molecular weight is 402 g/mol. The molecule has 0 bridgehead atoms. The van der Waals surface area contributed by atoms with E-state index in [9.17, 15) is 10.1 Å². The van der Waals surface area contributed by atoms with E-state index in [0.717, 1.165) is 27.8 Å². The van der Waals surface area contributed by atoms with Crippen LogP contribution in [0.2, 0.25) is 0 Å². The molecule has 0 amide bonds. The summed E-state index contributed by atoms with van der Waals surface area (Å²) in [6.07, 6.45) is 0. The fraction of sp³-hybridized carbons (Fsp3) is 0. The third-order valence-corrected chi connectivity index (χ3v) is 5.33. The lowest BCUT2D eigenvalue weighted by Gasteiger charge is -2.11. The molecule has 0 N–H and O–H groups in total. The summed E-state index contributed by atoms with van der Waals surface area (Å²) in [5.41, 5.74) is 5.38. The summed E-state index contributed by atoms with van der Waals surface area (Å²) < 4.78 is 0. The topological polar surface area (TPSA) is 56.0 Å². The Morgan fingerprint density at radius 1 is 0.548 bits per heavy atom. The van der Waals surface area contributed by atoms with Gasteiger partial charge in [0.1, 0.15) is 0 Å². The van der Waals surface area contributed by atoms with Gasteiger partial charge in [-0.1, -0.05) is 78.9 Å². The summed E-state index contributed by atoms with van der Waals surface area (Å²) in [6, 6.07) is 35.3. The Bertz CT molecular complexity index is 1410. The molecule has 4 aromatic carbocycles. The second-order valence-corrected chi connectivity index (χ2v) is 7.36. The molecule has 4 heteroatoms. The molecule has 1 aromatic heterocycles. The summed E-state index contributed by atoms with van der Waals surface area (Å²) >= 11 is 0. The van der Waals surface area contributed by atoms with E-state index in [2.05, 4.69) is 48.5 Å². The molecule has 0 saturated carbocycles. The maximum Gasteiger partial charge on any atom is 0.270 e. The van der Waals surface area contributed by atoms with Gasteiger partial charge < -0.3 is 0 Å². The minimum Gasteiger partial charge on any atom is -0.258 e. The number of non-ortho nitro benzene ring substituents is 1. The number of hydrogen-bond acceptors (Lipinski definition) is 3. The number of benzene rings is 4. The number of rotatable bonds is 4. The number of nitro benzene ring substituents is 1. The zero-order valence-corrected chi connectivity index (χ0v) is 16.6. The number of pyridine rings is 1. The zero-order chi connectivity index (χ0) is 21.2. The van der Waals surface area contributed by atoms with E-state index in [1.165, 1.54) is 11.5 Å². The molecular weight excluding hydrogens is 384 g/mol. The van der Waals surface area contributed by atoms with Gasteiger partial charge in [-0.3, -0.25) is 10.1 Å². The molecule has 0 aliphatic heterocycles. The molecule has 0 unspecified atom stereocenters. The van der Waals surface area contributed by atoms with Crippen LogP contribution in [-0.4, -0.2) is 9.91 Å². The van der Waals surface area contributed by atoms with E-state index in [0.29, 0.717) is 11.3 Å². The molecule has 148 valence electrons. The monoisotopic (exact) mass is 402 g/mol. The quantitative estimate of drug-likeness (QED) is 0.237. The van der Waals surface area contributed by atoms with Crippen molar-refractivity contribution in [2.75, 3.05) is 0 Å². The minimum atomic E-state index is -0.380. The molecule has 0 aliphatic rings. The SMILES string of the molecule is O=[N+]([O-])c1cccc(-c2cc(-c3ccccc3)cc(-c3ccc4ccccc4c3)n2)c1. The number of nitrogens with zero attached hydrogens (tertiary/aromatic N) is 2. The van der Waals surface area contributed by atoms with Crippen LogP contribution < -0.4 is 0 Å². The van der Waals surface area contributed by atoms with Gasteiger partial charge >= 0.3 is 0 Å². The third kappa shape index (κ3) is 3.79. The van der Waals surface area contributed by atoms with Crippen molar-refractivity contribution in [3.63, 3.8) is 0 Å². The first-order chi connectivity index (χ1) is 15.2. The first kappa shape index (κ1) is 18.7. The number of fused-ring (bicyclic) bond motifs is 1. The van der Waals surface area contributed by atoms with Crippen LogP contribution in [0.3, 0.4) is 0 Å². The van der Waals surface area contributed by atoms with Crippen LogP contribution in [0.1, 0.15) is 0 Å². The molecule has 0 fully saturated rings. The second kappa shape index (κ2) is 7.84. The average Bonchev–Trinajstić information content (AvgIpc) is 2.84. The Morgan fingerprint density at radius 3 is 1.94 bits per heavy atom. The van der Waals surface area contributed by atoms with Crippen LogP contribution in [-0.2, 0) is 0 Å². The molecule has 5 rings (SSSR count). The van der Waals surface area contributed by atoms with Gasteiger partial charge in [0.2, 0.25) is 0 Å². The number of aromatic nitrogens is 1. The van der Waals surface area contributed by atoms with Gasteiger partial charge in [0.15, 0.2) is 0 Å². The van der Waals surface area contributed by atoms with Crippen LogP contribution in [0.5, 0.6) is 0 Å². The molecule has 0 aliphatic carbocycles. The van der Waals surface area contributed by atoms with E-state index in [4.69, 9.17) is 4.98 Å². The zero-order valence-electron chi connectivity index (χ0n) is 16.6. The van der Waals surface area contributed by atoms with Gasteiger partial charge in [-0.05, 0) is 40.1 Å². The van der Waals surface area contributed by atoms with Crippen molar-refractivity contribution in [2.24, 2.45) is 0 Å². The summed E-state index contributed by atoms with van der Waals surface area (Å²) in [5, 5.41) is 13.6. The van der Waals surface area contributed by atoms with E-state index in [-0.39, 0.29) is 10.6 Å². The van der Waals surface area contributed by atoms with E-state index in [1.54, 1.807) is 12.1 Å². The standard InChI is InChI=1S/C27H18N2O2/c30-29(31)25-12-6-11-22(16-25)26-17-24(19-7-2-1-3-8-19)18-27(28-26)23-14-13-20-9-4-5-10-21(20)15-23/h1-18H. The smallest absolute Gasteiger partial charge is 0.258 e. The van der Waals surface area contributed by atoms with Crippen LogP contribution in [0.25, 0.3) is 44.4 Å². The van der Waals surface area contributed by atoms with Crippen molar-refractivity contribution >= 4 is 16.5 Å². The Balaban J connectivity index is 1.71. The van der Waals surface area contributed by atoms with Crippen LogP contribution >= 0.6 is 0 Å². The second-order valence-electron chi connectivity index (χ2n) is 7.36. The Kier molecular flexibility index (Phi) is 4.73.